The number of carbonyl (C=O) groups is 1. The van der Waals surface area contributed by atoms with Crippen LogP contribution in [-0.4, -0.2) is 27.1 Å². The summed E-state index contributed by atoms with van der Waals surface area (Å²) in [5.74, 6) is 0.673. The second kappa shape index (κ2) is 6.13. The van der Waals surface area contributed by atoms with Gasteiger partial charge >= 0.3 is 0 Å². The van der Waals surface area contributed by atoms with Crippen LogP contribution in [-0.2, 0) is 0 Å². The first-order chi connectivity index (χ1) is 10.1. The number of ketones is 1. The molecular formula is C15H15NO5. The van der Waals surface area contributed by atoms with Crippen LogP contribution < -0.4 is 18.9 Å². The van der Waals surface area contributed by atoms with E-state index in [0.29, 0.717) is 22.0 Å². The zero-order valence-corrected chi connectivity index (χ0v) is 12.0. The number of benzene rings is 1. The number of carbonyl (C=O) groups excluding carboxylic acids is 1. The standard InChI is InChI=1S/C15H15NO5/c1-19-12-8-10(9-13(20-2)15(12)21-3)14(17)11-6-4-5-7-16(11)18/h4-9H,1-3H3. The molecule has 6 heteroatoms. The highest BCUT2D eigenvalue weighted by Gasteiger charge is 2.22. The molecule has 0 radical (unpaired) electrons. The Morgan fingerprint density at radius 1 is 1.05 bits per heavy atom. The predicted octanol–water partition coefficient (Wildman–Crippen LogP) is 1.58. The van der Waals surface area contributed by atoms with Gasteiger partial charge in [0.1, 0.15) is 0 Å². The van der Waals surface area contributed by atoms with Crippen molar-refractivity contribution in [2.45, 2.75) is 0 Å². The van der Waals surface area contributed by atoms with Crippen LogP contribution in [0.3, 0.4) is 0 Å². The summed E-state index contributed by atoms with van der Waals surface area (Å²) >= 11 is 0. The third kappa shape index (κ3) is 2.74. The van der Waals surface area contributed by atoms with Crippen LogP contribution in [0.2, 0.25) is 0 Å². The van der Waals surface area contributed by atoms with E-state index in [1.807, 2.05) is 0 Å². The number of rotatable bonds is 5. The van der Waals surface area contributed by atoms with Crippen LogP contribution in [0.5, 0.6) is 17.2 Å². The molecule has 0 saturated carbocycles. The lowest BCUT2D eigenvalue weighted by atomic mass is 10.1. The molecule has 6 nitrogen and oxygen atoms in total. The highest BCUT2D eigenvalue weighted by atomic mass is 16.5. The third-order valence-corrected chi connectivity index (χ3v) is 2.98. The van der Waals surface area contributed by atoms with Crippen LogP contribution in [0.4, 0.5) is 0 Å². The molecule has 1 heterocycles. The smallest absolute Gasteiger partial charge is 0.264 e. The lowest BCUT2D eigenvalue weighted by Crippen LogP contribution is -2.34. The molecule has 1 aromatic carbocycles. The zero-order valence-electron chi connectivity index (χ0n) is 12.0. The number of hydrogen-bond donors (Lipinski definition) is 0. The highest BCUT2D eigenvalue weighted by molar-refractivity contribution is 6.07. The minimum Gasteiger partial charge on any atom is -0.618 e. The first-order valence-electron chi connectivity index (χ1n) is 6.15. The Kier molecular flexibility index (Phi) is 4.27. The van der Waals surface area contributed by atoms with Crippen molar-refractivity contribution in [3.8, 4) is 17.2 Å². The molecule has 0 fully saturated rings. The van der Waals surface area contributed by atoms with E-state index >= 15 is 0 Å². The molecule has 2 rings (SSSR count). The lowest BCUT2D eigenvalue weighted by Gasteiger charge is -2.13. The maximum absolute atomic E-state index is 12.4. The number of pyridine rings is 1. The molecule has 110 valence electrons. The average molecular weight is 289 g/mol. The predicted molar refractivity (Wildman–Crippen MR) is 74.9 cm³/mol. The van der Waals surface area contributed by atoms with E-state index in [2.05, 4.69) is 0 Å². The summed E-state index contributed by atoms with van der Waals surface area (Å²) in [7, 11) is 4.40. The first kappa shape index (κ1) is 14.6. The number of methoxy groups -OCH3 is 3. The van der Waals surface area contributed by atoms with Gasteiger partial charge in [-0.1, -0.05) is 0 Å². The van der Waals surface area contributed by atoms with E-state index in [0.717, 1.165) is 0 Å². The second-order valence-corrected chi connectivity index (χ2v) is 4.15. The van der Waals surface area contributed by atoms with Gasteiger partial charge in [-0.3, -0.25) is 4.79 Å². The summed E-state index contributed by atoms with van der Waals surface area (Å²) < 4.78 is 16.1. The molecule has 21 heavy (non-hydrogen) atoms. The van der Waals surface area contributed by atoms with Crippen LogP contribution in [0.15, 0.2) is 36.5 Å². The van der Waals surface area contributed by atoms with Gasteiger partial charge in [-0.2, -0.15) is 4.73 Å². The molecule has 0 N–H and O–H groups in total. The molecule has 0 aliphatic rings. The van der Waals surface area contributed by atoms with Crippen molar-refractivity contribution in [2.24, 2.45) is 0 Å². The van der Waals surface area contributed by atoms with Gasteiger partial charge in [-0.15, -0.1) is 0 Å². The van der Waals surface area contributed by atoms with E-state index in [-0.39, 0.29) is 11.3 Å². The van der Waals surface area contributed by atoms with Crippen molar-refractivity contribution in [1.29, 1.82) is 0 Å². The van der Waals surface area contributed by atoms with Crippen LogP contribution in [0.1, 0.15) is 16.1 Å². The Bertz CT molecular complexity index is 644. The molecule has 0 amide bonds. The number of ether oxygens (including phenoxy) is 3. The number of nitrogens with zero attached hydrogens (tertiary/aromatic N) is 1. The number of aromatic nitrogens is 1. The van der Waals surface area contributed by atoms with Gasteiger partial charge in [-0.05, 0) is 18.2 Å². The lowest BCUT2D eigenvalue weighted by molar-refractivity contribution is -0.607. The summed E-state index contributed by atoms with van der Waals surface area (Å²) in [5.41, 5.74) is 0.298. The fraction of sp³-hybridized carbons (Fsp3) is 0.200. The maximum Gasteiger partial charge on any atom is 0.264 e. The monoisotopic (exact) mass is 289 g/mol. The van der Waals surface area contributed by atoms with E-state index < -0.39 is 5.78 Å². The van der Waals surface area contributed by atoms with Crippen molar-refractivity contribution in [3.05, 3.63) is 53.0 Å². The molecule has 0 bridgehead atoms. The molecule has 1 aromatic heterocycles. The molecule has 2 aromatic rings. The van der Waals surface area contributed by atoms with Crippen LogP contribution >= 0.6 is 0 Å². The van der Waals surface area contributed by atoms with E-state index in [1.54, 1.807) is 12.1 Å². The molecule has 0 atom stereocenters. The Hall–Kier alpha value is -2.76. The maximum atomic E-state index is 12.4. The van der Waals surface area contributed by atoms with Crippen molar-refractivity contribution in [3.63, 3.8) is 0 Å². The van der Waals surface area contributed by atoms with Crippen LogP contribution in [0, 0.1) is 5.21 Å². The average Bonchev–Trinajstić information content (AvgIpc) is 2.53. The summed E-state index contributed by atoms with van der Waals surface area (Å²) in [4.78, 5) is 12.4. The van der Waals surface area contributed by atoms with E-state index in [1.165, 1.54) is 45.7 Å². The SMILES string of the molecule is COc1cc(C(=O)c2cccc[n+]2[O-])cc(OC)c1OC. The van der Waals surface area contributed by atoms with Gasteiger partial charge in [0.15, 0.2) is 17.7 Å². The fourth-order valence-corrected chi connectivity index (χ4v) is 1.96. The van der Waals surface area contributed by atoms with Gasteiger partial charge in [0.2, 0.25) is 5.75 Å². The first-order valence-corrected chi connectivity index (χ1v) is 6.15. The fourth-order valence-electron chi connectivity index (χ4n) is 1.96. The van der Waals surface area contributed by atoms with Gasteiger partial charge in [0.05, 0.1) is 21.3 Å². The second-order valence-electron chi connectivity index (χ2n) is 4.15. The van der Waals surface area contributed by atoms with Gasteiger partial charge in [-0.25, -0.2) is 0 Å². The summed E-state index contributed by atoms with van der Waals surface area (Å²) in [5, 5.41) is 11.7. The zero-order chi connectivity index (χ0) is 15.4. The Labute approximate surface area is 122 Å². The summed E-state index contributed by atoms with van der Waals surface area (Å²) in [6.45, 7) is 0. The molecule has 0 aliphatic heterocycles. The highest BCUT2D eigenvalue weighted by Crippen LogP contribution is 2.38. The molecule has 0 saturated heterocycles. The molecule has 0 unspecified atom stereocenters. The van der Waals surface area contributed by atoms with Crippen LogP contribution in [0.25, 0.3) is 0 Å². The van der Waals surface area contributed by atoms with Crippen molar-refractivity contribution in [1.82, 2.24) is 0 Å². The normalized spacial score (nSPS) is 10.0. The summed E-state index contributed by atoms with van der Waals surface area (Å²) in [6, 6.07) is 7.66. The number of hydrogen-bond acceptors (Lipinski definition) is 5. The van der Waals surface area contributed by atoms with E-state index in [4.69, 9.17) is 14.2 Å². The quantitative estimate of drug-likeness (QED) is 0.475. The largest absolute Gasteiger partial charge is 0.618 e. The Balaban J connectivity index is 2.54. The van der Waals surface area contributed by atoms with Crippen molar-refractivity contribution < 1.29 is 23.7 Å². The van der Waals surface area contributed by atoms with Gasteiger partial charge in [0, 0.05) is 17.7 Å². The van der Waals surface area contributed by atoms with Gasteiger partial charge < -0.3 is 19.4 Å². The van der Waals surface area contributed by atoms with Gasteiger partial charge in [0.25, 0.3) is 11.5 Å². The topological polar surface area (TPSA) is 71.7 Å². The molecular weight excluding hydrogens is 274 g/mol. The molecule has 0 aliphatic carbocycles. The Morgan fingerprint density at radius 2 is 1.67 bits per heavy atom. The van der Waals surface area contributed by atoms with Crippen molar-refractivity contribution in [2.75, 3.05) is 21.3 Å². The summed E-state index contributed by atoms with van der Waals surface area (Å²) in [6.07, 6.45) is 1.27. The minimum atomic E-state index is -0.426. The third-order valence-electron chi connectivity index (χ3n) is 2.98. The minimum absolute atomic E-state index is 0.0202. The Morgan fingerprint density at radius 3 is 2.14 bits per heavy atom. The van der Waals surface area contributed by atoms with Crippen molar-refractivity contribution >= 4 is 5.78 Å². The molecule has 0 spiro atoms. The van der Waals surface area contributed by atoms with E-state index in [9.17, 15) is 10.0 Å².